The van der Waals surface area contributed by atoms with Crippen molar-refractivity contribution < 1.29 is 4.79 Å². The normalized spacial score (nSPS) is 14.7. The lowest BCUT2D eigenvalue weighted by Gasteiger charge is -2.35. The SMILES string of the molecule is CCN1CCN(c2ccc(NC(=S)NC(=O)c3ccc(C)cc3)cc2)CC1. The Morgan fingerprint density at radius 1 is 1.00 bits per heavy atom. The quantitative estimate of drug-likeness (QED) is 0.795. The summed E-state index contributed by atoms with van der Waals surface area (Å²) in [4.78, 5) is 17.1. The lowest BCUT2D eigenvalue weighted by Crippen LogP contribution is -2.46. The van der Waals surface area contributed by atoms with E-state index in [1.807, 2.05) is 31.2 Å². The van der Waals surface area contributed by atoms with Crippen molar-refractivity contribution in [1.29, 1.82) is 0 Å². The second-order valence-corrected chi connectivity index (χ2v) is 7.15. The number of hydrogen-bond acceptors (Lipinski definition) is 4. The van der Waals surface area contributed by atoms with Gasteiger partial charge in [-0.1, -0.05) is 24.6 Å². The van der Waals surface area contributed by atoms with Gasteiger partial charge >= 0.3 is 0 Å². The van der Waals surface area contributed by atoms with Crippen LogP contribution in [0.3, 0.4) is 0 Å². The van der Waals surface area contributed by atoms with Crippen molar-refractivity contribution >= 4 is 34.6 Å². The van der Waals surface area contributed by atoms with Crippen LogP contribution < -0.4 is 15.5 Å². The van der Waals surface area contributed by atoms with E-state index in [1.54, 1.807) is 12.1 Å². The van der Waals surface area contributed by atoms with E-state index in [4.69, 9.17) is 12.2 Å². The van der Waals surface area contributed by atoms with Crippen LogP contribution in [-0.4, -0.2) is 48.6 Å². The standard InChI is InChI=1S/C21H26N4OS/c1-3-24-12-14-25(15-13-24)19-10-8-18(9-11-19)22-21(27)23-20(26)17-6-4-16(2)5-7-17/h4-11H,3,12-15H2,1-2H3,(H2,22,23,26,27). The molecule has 0 aliphatic carbocycles. The molecule has 1 saturated heterocycles. The molecule has 0 saturated carbocycles. The Labute approximate surface area is 166 Å². The molecule has 0 bridgehead atoms. The van der Waals surface area contributed by atoms with Gasteiger partial charge < -0.3 is 15.1 Å². The number of carbonyl (C=O) groups is 1. The maximum absolute atomic E-state index is 12.2. The molecule has 0 aromatic heterocycles. The summed E-state index contributed by atoms with van der Waals surface area (Å²) in [5.41, 5.74) is 3.78. The molecule has 1 heterocycles. The molecule has 2 aromatic carbocycles. The number of rotatable bonds is 4. The highest BCUT2D eigenvalue weighted by atomic mass is 32.1. The molecule has 1 amide bonds. The van der Waals surface area contributed by atoms with Crippen LogP contribution in [0.25, 0.3) is 0 Å². The predicted molar refractivity (Wildman–Crippen MR) is 116 cm³/mol. The number of thiocarbonyl (C=S) groups is 1. The average Bonchev–Trinajstić information content (AvgIpc) is 2.69. The Morgan fingerprint density at radius 3 is 2.22 bits per heavy atom. The highest BCUT2D eigenvalue weighted by Crippen LogP contribution is 2.19. The summed E-state index contributed by atoms with van der Waals surface area (Å²) in [6.45, 7) is 9.61. The minimum Gasteiger partial charge on any atom is -0.369 e. The van der Waals surface area contributed by atoms with Gasteiger partial charge in [0.05, 0.1) is 0 Å². The van der Waals surface area contributed by atoms with E-state index in [2.05, 4.69) is 39.5 Å². The molecular weight excluding hydrogens is 356 g/mol. The van der Waals surface area contributed by atoms with Gasteiger partial charge in [-0.25, -0.2) is 0 Å². The minimum atomic E-state index is -0.210. The molecule has 1 aliphatic heterocycles. The maximum Gasteiger partial charge on any atom is 0.257 e. The van der Waals surface area contributed by atoms with Gasteiger partial charge in [-0.05, 0) is 62.1 Å². The fourth-order valence-corrected chi connectivity index (χ4v) is 3.33. The molecule has 0 spiro atoms. The molecule has 2 aromatic rings. The highest BCUT2D eigenvalue weighted by Gasteiger charge is 2.15. The minimum absolute atomic E-state index is 0.210. The number of amides is 1. The van der Waals surface area contributed by atoms with Crippen molar-refractivity contribution in [1.82, 2.24) is 10.2 Å². The Bertz CT molecular complexity index is 781. The first kappa shape index (κ1) is 19.3. The molecule has 0 atom stereocenters. The summed E-state index contributed by atoms with van der Waals surface area (Å²) in [6, 6.07) is 15.6. The second kappa shape index (κ2) is 8.97. The summed E-state index contributed by atoms with van der Waals surface area (Å²) >= 11 is 5.26. The van der Waals surface area contributed by atoms with Gasteiger partial charge in [0, 0.05) is 43.1 Å². The van der Waals surface area contributed by atoms with Crippen molar-refractivity contribution in [3.05, 3.63) is 59.7 Å². The number of likely N-dealkylation sites (N-methyl/N-ethyl adjacent to an activating group) is 1. The first-order valence-electron chi connectivity index (χ1n) is 9.31. The van der Waals surface area contributed by atoms with E-state index in [0.717, 1.165) is 44.0 Å². The third-order valence-corrected chi connectivity index (χ3v) is 5.05. The zero-order chi connectivity index (χ0) is 19.2. The van der Waals surface area contributed by atoms with E-state index in [0.29, 0.717) is 10.7 Å². The number of piperazine rings is 1. The fourth-order valence-electron chi connectivity index (χ4n) is 3.12. The van der Waals surface area contributed by atoms with E-state index in [9.17, 15) is 4.79 Å². The van der Waals surface area contributed by atoms with E-state index in [1.165, 1.54) is 5.69 Å². The molecule has 1 fully saturated rings. The zero-order valence-corrected chi connectivity index (χ0v) is 16.7. The van der Waals surface area contributed by atoms with Crippen molar-refractivity contribution in [3.8, 4) is 0 Å². The first-order valence-corrected chi connectivity index (χ1v) is 9.72. The molecule has 5 nitrogen and oxygen atoms in total. The third-order valence-electron chi connectivity index (χ3n) is 4.85. The van der Waals surface area contributed by atoms with Crippen LogP contribution >= 0.6 is 12.2 Å². The first-order chi connectivity index (χ1) is 13.0. The Balaban J connectivity index is 1.52. The van der Waals surface area contributed by atoms with Gasteiger partial charge in [-0.2, -0.15) is 0 Å². The third kappa shape index (κ3) is 5.28. The maximum atomic E-state index is 12.2. The smallest absolute Gasteiger partial charge is 0.257 e. The monoisotopic (exact) mass is 382 g/mol. The largest absolute Gasteiger partial charge is 0.369 e. The van der Waals surface area contributed by atoms with Gasteiger partial charge in [-0.15, -0.1) is 0 Å². The number of nitrogens with zero attached hydrogens (tertiary/aromatic N) is 2. The number of anilines is 2. The zero-order valence-electron chi connectivity index (χ0n) is 15.9. The molecule has 1 aliphatic rings. The number of carbonyl (C=O) groups excluding carboxylic acids is 1. The van der Waals surface area contributed by atoms with Crippen molar-refractivity contribution in [2.75, 3.05) is 42.9 Å². The molecular formula is C21H26N4OS. The average molecular weight is 383 g/mol. The number of aryl methyl sites for hydroxylation is 1. The molecule has 6 heteroatoms. The van der Waals surface area contributed by atoms with Crippen LogP contribution in [-0.2, 0) is 0 Å². The Kier molecular flexibility index (Phi) is 6.42. The van der Waals surface area contributed by atoms with Crippen LogP contribution in [0.4, 0.5) is 11.4 Å². The Hall–Kier alpha value is -2.44. The van der Waals surface area contributed by atoms with E-state index >= 15 is 0 Å². The summed E-state index contributed by atoms with van der Waals surface area (Å²) in [6.07, 6.45) is 0. The molecule has 2 N–H and O–H groups in total. The number of nitrogens with one attached hydrogen (secondary N) is 2. The summed E-state index contributed by atoms with van der Waals surface area (Å²) in [7, 11) is 0. The van der Waals surface area contributed by atoms with Crippen LogP contribution in [0, 0.1) is 6.92 Å². The molecule has 27 heavy (non-hydrogen) atoms. The molecule has 142 valence electrons. The fraction of sp³-hybridized carbons (Fsp3) is 0.333. The summed E-state index contributed by atoms with van der Waals surface area (Å²) < 4.78 is 0. The van der Waals surface area contributed by atoms with Gasteiger partial charge in [0.2, 0.25) is 0 Å². The predicted octanol–water partition coefficient (Wildman–Crippen LogP) is 3.26. The van der Waals surface area contributed by atoms with Crippen LogP contribution in [0.15, 0.2) is 48.5 Å². The topological polar surface area (TPSA) is 47.6 Å². The van der Waals surface area contributed by atoms with Crippen LogP contribution in [0.2, 0.25) is 0 Å². The lowest BCUT2D eigenvalue weighted by atomic mass is 10.1. The van der Waals surface area contributed by atoms with E-state index in [-0.39, 0.29) is 5.91 Å². The van der Waals surface area contributed by atoms with Crippen LogP contribution in [0.1, 0.15) is 22.8 Å². The number of hydrogen-bond donors (Lipinski definition) is 2. The van der Waals surface area contributed by atoms with Crippen molar-refractivity contribution in [3.63, 3.8) is 0 Å². The van der Waals surface area contributed by atoms with Gasteiger partial charge in [-0.3, -0.25) is 10.1 Å². The molecule has 0 radical (unpaired) electrons. The van der Waals surface area contributed by atoms with Crippen molar-refractivity contribution in [2.24, 2.45) is 0 Å². The van der Waals surface area contributed by atoms with Crippen molar-refractivity contribution in [2.45, 2.75) is 13.8 Å². The van der Waals surface area contributed by atoms with Gasteiger partial charge in [0.25, 0.3) is 5.91 Å². The molecule has 3 rings (SSSR count). The molecule has 0 unspecified atom stereocenters. The van der Waals surface area contributed by atoms with Crippen LogP contribution in [0.5, 0.6) is 0 Å². The van der Waals surface area contributed by atoms with Gasteiger partial charge in [0.1, 0.15) is 0 Å². The highest BCUT2D eigenvalue weighted by molar-refractivity contribution is 7.80. The van der Waals surface area contributed by atoms with E-state index < -0.39 is 0 Å². The van der Waals surface area contributed by atoms with Gasteiger partial charge in [0.15, 0.2) is 5.11 Å². The summed E-state index contributed by atoms with van der Waals surface area (Å²) in [5, 5.41) is 6.09. The Morgan fingerprint density at radius 2 is 1.63 bits per heavy atom. The lowest BCUT2D eigenvalue weighted by molar-refractivity contribution is 0.0977. The number of benzene rings is 2. The summed E-state index contributed by atoms with van der Waals surface area (Å²) in [5.74, 6) is -0.210. The second-order valence-electron chi connectivity index (χ2n) is 6.74.